The van der Waals surface area contributed by atoms with Gasteiger partial charge >= 0.3 is 0 Å². The lowest BCUT2D eigenvalue weighted by atomic mass is 9.94. The molecule has 0 radical (unpaired) electrons. The van der Waals surface area contributed by atoms with Crippen LogP contribution in [0.5, 0.6) is 0 Å². The minimum absolute atomic E-state index is 0.0199. The molecule has 2 fully saturated rings. The van der Waals surface area contributed by atoms with Crippen molar-refractivity contribution in [3.63, 3.8) is 0 Å². The normalized spacial score (nSPS) is 18.5. The third kappa shape index (κ3) is 5.01. The molecular weight excluding hydrogens is 366 g/mol. The molecule has 27 heavy (non-hydrogen) atoms. The number of amides is 3. The quantitative estimate of drug-likeness (QED) is 0.789. The topological polar surface area (TPSA) is 60.9 Å². The Morgan fingerprint density at radius 1 is 0.889 bits per heavy atom. The van der Waals surface area contributed by atoms with E-state index >= 15 is 0 Å². The van der Waals surface area contributed by atoms with Gasteiger partial charge in [0.2, 0.25) is 17.7 Å². The van der Waals surface area contributed by atoms with E-state index in [1.54, 1.807) is 24.0 Å². The van der Waals surface area contributed by atoms with Crippen molar-refractivity contribution in [2.24, 2.45) is 5.92 Å². The van der Waals surface area contributed by atoms with Crippen molar-refractivity contribution in [2.45, 2.75) is 26.2 Å². The van der Waals surface area contributed by atoms with E-state index in [1.165, 1.54) is 0 Å². The first kappa shape index (κ1) is 19.7. The van der Waals surface area contributed by atoms with Crippen LogP contribution in [0.15, 0.2) is 24.3 Å². The van der Waals surface area contributed by atoms with Gasteiger partial charge in [0.15, 0.2) is 0 Å². The molecule has 2 aliphatic heterocycles. The van der Waals surface area contributed by atoms with Gasteiger partial charge in [-0.15, -0.1) is 0 Å². The summed E-state index contributed by atoms with van der Waals surface area (Å²) in [4.78, 5) is 42.1. The van der Waals surface area contributed by atoms with E-state index in [1.807, 2.05) is 21.9 Å². The monoisotopic (exact) mass is 391 g/mol. The summed E-state index contributed by atoms with van der Waals surface area (Å²) in [6.07, 6.45) is 1.78. The average molecular weight is 392 g/mol. The Morgan fingerprint density at radius 2 is 1.44 bits per heavy atom. The maximum absolute atomic E-state index is 12.7. The van der Waals surface area contributed by atoms with Gasteiger partial charge < -0.3 is 14.7 Å². The molecule has 0 unspecified atom stereocenters. The van der Waals surface area contributed by atoms with Crippen LogP contribution in [0.25, 0.3) is 0 Å². The molecule has 1 aromatic carbocycles. The van der Waals surface area contributed by atoms with Crippen molar-refractivity contribution in [1.29, 1.82) is 0 Å². The molecule has 2 heterocycles. The van der Waals surface area contributed by atoms with Crippen LogP contribution in [0.3, 0.4) is 0 Å². The fourth-order valence-electron chi connectivity index (χ4n) is 3.76. The van der Waals surface area contributed by atoms with Crippen molar-refractivity contribution >= 4 is 29.3 Å². The minimum atomic E-state index is -0.0199. The predicted octanol–water partition coefficient (Wildman–Crippen LogP) is 1.81. The van der Waals surface area contributed by atoms with E-state index < -0.39 is 0 Å². The van der Waals surface area contributed by atoms with Gasteiger partial charge in [0.05, 0.1) is 6.42 Å². The Morgan fingerprint density at radius 3 is 2.00 bits per heavy atom. The molecule has 0 aromatic heterocycles. The zero-order valence-electron chi connectivity index (χ0n) is 15.7. The lowest BCUT2D eigenvalue weighted by Gasteiger charge is -2.38. The lowest BCUT2D eigenvalue weighted by molar-refractivity contribution is -0.144. The Kier molecular flexibility index (Phi) is 6.37. The summed E-state index contributed by atoms with van der Waals surface area (Å²) in [6.45, 7) is 5.24. The van der Waals surface area contributed by atoms with E-state index in [0.717, 1.165) is 5.56 Å². The zero-order valence-corrected chi connectivity index (χ0v) is 16.5. The van der Waals surface area contributed by atoms with Gasteiger partial charge in [0.1, 0.15) is 0 Å². The van der Waals surface area contributed by atoms with E-state index in [9.17, 15) is 14.4 Å². The summed E-state index contributed by atoms with van der Waals surface area (Å²) >= 11 is 5.88. The van der Waals surface area contributed by atoms with Crippen LogP contribution in [0.2, 0.25) is 5.02 Å². The highest BCUT2D eigenvalue weighted by Gasteiger charge is 2.31. The van der Waals surface area contributed by atoms with Gasteiger partial charge in [-0.1, -0.05) is 23.7 Å². The summed E-state index contributed by atoms with van der Waals surface area (Å²) in [5.41, 5.74) is 0.950. The van der Waals surface area contributed by atoms with Gasteiger partial charge in [-0.2, -0.15) is 0 Å². The van der Waals surface area contributed by atoms with Crippen molar-refractivity contribution < 1.29 is 14.4 Å². The van der Waals surface area contributed by atoms with Crippen LogP contribution in [0.1, 0.15) is 25.3 Å². The zero-order chi connectivity index (χ0) is 19.4. The summed E-state index contributed by atoms with van der Waals surface area (Å²) in [5, 5.41) is 0.662. The first-order valence-corrected chi connectivity index (χ1v) is 9.88. The van der Waals surface area contributed by atoms with Crippen LogP contribution in [-0.2, 0) is 20.8 Å². The number of hydrogen-bond acceptors (Lipinski definition) is 3. The SMILES string of the molecule is CC(=O)N1CCN(C(=O)C2CCN(C(=O)Cc3ccc(Cl)cc3)CC2)CC1. The van der Waals surface area contributed by atoms with Crippen molar-refractivity contribution in [1.82, 2.24) is 14.7 Å². The molecule has 7 heteroatoms. The van der Waals surface area contributed by atoms with Gasteiger partial charge in [-0.05, 0) is 30.5 Å². The van der Waals surface area contributed by atoms with Gasteiger partial charge in [-0.3, -0.25) is 14.4 Å². The highest BCUT2D eigenvalue weighted by molar-refractivity contribution is 6.30. The number of benzene rings is 1. The maximum atomic E-state index is 12.7. The summed E-state index contributed by atoms with van der Waals surface area (Å²) in [6, 6.07) is 7.33. The predicted molar refractivity (Wildman–Crippen MR) is 103 cm³/mol. The van der Waals surface area contributed by atoms with E-state index in [-0.39, 0.29) is 23.6 Å². The number of piperidine rings is 1. The fraction of sp³-hybridized carbons (Fsp3) is 0.550. The largest absolute Gasteiger partial charge is 0.342 e. The Labute approximate surface area is 165 Å². The van der Waals surface area contributed by atoms with Crippen LogP contribution < -0.4 is 0 Å². The standard InChI is InChI=1S/C20H26ClN3O3/c1-15(25)22-10-12-24(13-11-22)20(27)17-6-8-23(9-7-17)19(26)14-16-2-4-18(21)5-3-16/h2-5,17H,6-14H2,1H3. The Hall–Kier alpha value is -2.08. The van der Waals surface area contributed by atoms with Gasteiger partial charge in [0.25, 0.3) is 0 Å². The highest BCUT2D eigenvalue weighted by Crippen LogP contribution is 2.21. The molecule has 0 atom stereocenters. The molecule has 0 bridgehead atoms. The summed E-state index contributed by atoms with van der Waals surface area (Å²) < 4.78 is 0. The van der Waals surface area contributed by atoms with Gasteiger partial charge in [0, 0.05) is 57.1 Å². The molecule has 2 aliphatic rings. The number of halogens is 1. The first-order valence-electron chi connectivity index (χ1n) is 9.50. The van der Waals surface area contributed by atoms with Crippen LogP contribution in [0.4, 0.5) is 0 Å². The summed E-state index contributed by atoms with van der Waals surface area (Å²) in [5.74, 6) is 0.310. The number of nitrogens with zero attached hydrogens (tertiary/aromatic N) is 3. The van der Waals surface area contributed by atoms with E-state index in [0.29, 0.717) is 63.6 Å². The Bertz CT molecular complexity index is 691. The lowest BCUT2D eigenvalue weighted by Crippen LogP contribution is -2.52. The van der Waals surface area contributed by atoms with Crippen LogP contribution >= 0.6 is 11.6 Å². The third-order valence-electron chi connectivity index (χ3n) is 5.50. The maximum Gasteiger partial charge on any atom is 0.226 e. The molecule has 0 aliphatic carbocycles. The number of piperazine rings is 1. The third-order valence-corrected chi connectivity index (χ3v) is 5.75. The molecule has 6 nitrogen and oxygen atoms in total. The van der Waals surface area contributed by atoms with E-state index in [4.69, 9.17) is 11.6 Å². The number of carbonyl (C=O) groups excluding carboxylic acids is 3. The fourth-order valence-corrected chi connectivity index (χ4v) is 3.89. The molecule has 3 amide bonds. The second kappa shape index (κ2) is 8.74. The van der Waals surface area contributed by atoms with Crippen molar-refractivity contribution in [2.75, 3.05) is 39.3 Å². The molecule has 1 aromatic rings. The van der Waals surface area contributed by atoms with Crippen molar-refractivity contribution in [3.8, 4) is 0 Å². The highest BCUT2D eigenvalue weighted by atomic mass is 35.5. The molecule has 2 saturated heterocycles. The first-order chi connectivity index (χ1) is 12.9. The molecule has 0 saturated carbocycles. The summed E-state index contributed by atoms with van der Waals surface area (Å²) in [7, 11) is 0. The molecule has 146 valence electrons. The second-order valence-corrected chi connectivity index (χ2v) is 7.73. The van der Waals surface area contributed by atoms with Crippen LogP contribution in [0, 0.1) is 5.92 Å². The minimum Gasteiger partial charge on any atom is -0.342 e. The smallest absolute Gasteiger partial charge is 0.226 e. The number of rotatable bonds is 3. The second-order valence-electron chi connectivity index (χ2n) is 7.29. The van der Waals surface area contributed by atoms with Crippen molar-refractivity contribution in [3.05, 3.63) is 34.9 Å². The van der Waals surface area contributed by atoms with E-state index in [2.05, 4.69) is 0 Å². The number of likely N-dealkylation sites (tertiary alicyclic amines) is 1. The molecule has 3 rings (SSSR count). The number of hydrogen-bond donors (Lipinski definition) is 0. The molecular formula is C20H26ClN3O3. The molecule has 0 spiro atoms. The average Bonchev–Trinajstić information content (AvgIpc) is 2.69. The van der Waals surface area contributed by atoms with Crippen LogP contribution in [-0.4, -0.2) is 71.7 Å². The molecule has 0 N–H and O–H groups in total. The van der Waals surface area contributed by atoms with Gasteiger partial charge in [-0.25, -0.2) is 0 Å². The Balaban J connectivity index is 1.45. The number of carbonyl (C=O) groups is 3.